The third kappa shape index (κ3) is 4.40. The van der Waals surface area contributed by atoms with Gasteiger partial charge in [0.25, 0.3) is 0 Å². The Labute approximate surface area is 181 Å². The summed E-state index contributed by atoms with van der Waals surface area (Å²) in [6, 6.07) is 8.95. The first-order valence-corrected chi connectivity index (χ1v) is 11.1. The minimum Gasteiger partial charge on any atom is -0.468 e. The highest BCUT2D eigenvalue weighted by Gasteiger charge is 2.33. The number of nitrogens with zero attached hydrogens (tertiary/aromatic N) is 6. The second-order valence-electron chi connectivity index (χ2n) is 7.73. The van der Waals surface area contributed by atoms with E-state index in [4.69, 9.17) is 4.42 Å². The molecule has 2 fully saturated rings. The standard InChI is InChI=1S/C20H26N6OS.ClH/c1-2-6-16(5-1)26-20(21-22-23-26)19(18-8-4-14-28-18)25-11-9-24(10-12-25)15-17-7-3-13-27-17;/h3-4,7-8,13-14,16,19H,1-2,5-6,9-12,15H2;1H. The summed E-state index contributed by atoms with van der Waals surface area (Å²) < 4.78 is 7.64. The second-order valence-corrected chi connectivity index (χ2v) is 8.71. The third-order valence-electron chi connectivity index (χ3n) is 5.98. The Kier molecular flexibility index (Phi) is 6.64. The van der Waals surface area contributed by atoms with Crippen LogP contribution in [0, 0.1) is 0 Å². The molecule has 29 heavy (non-hydrogen) atoms. The molecule has 0 aromatic carbocycles. The molecular formula is C20H27ClN6OS. The van der Waals surface area contributed by atoms with Crippen molar-refractivity contribution in [1.82, 2.24) is 30.0 Å². The number of tetrazole rings is 1. The second kappa shape index (κ2) is 9.38. The number of rotatable bonds is 6. The van der Waals surface area contributed by atoms with E-state index < -0.39 is 0 Å². The van der Waals surface area contributed by atoms with Crippen LogP contribution in [0.5, 0.6) is 0 Å². The third-order valence-corrected chi connectivity index (χ3v) is 6.90. The Morgan fingerprint density at radius 2 is 1.93 bits per heavy atom. The van der Waals surface area contributed by atoms with Crippen molar-refractivity contribution in [1.29, 1.82) is 0 Å². The van der Waals surface area contributed by atoms with E-state index in [-0.39, 0.29) is 18.4 Å². The summed E-state index contributed by atoms with van der Waals surface area (Å²) in [6.07, 6.45) is 6.68. The van der Waals surface area contributed by atoms with Gasteiger partial charge >= 0.3 is 0 Å². The Morgan fingerprint density at radius 3 is 2.62 bits per heavy atom. The molecule has 0 radical (unpaired) electrons. The van der Waals surface area contributed by atoms with E-state index in [0.29, 0.717) is 6.04 Å². The number of furan rings is 1. The molecule has 1 saturated heterocycles. The Bertz CT molecular complexity index is 854. The van der Waals surface area contributed by atoms with Gasteiger partial charge in [-0.2, -0.15) is 0 Å². The van der Waals surface area contributed by atoms with Crippen molar-refractivity contribution >= 4 is 23.7 Å². The van der Waals surface area contributed by atoms with Gasteiger partial charge in [0.05, 0.1) is 18.8 Å². The quantitative estimate of drug-likeness (QED) is 0.588. The Hall–Kier alpha value is -1.74. The van der Waals surface area contributed by atoms with Gasteiger partial charge in [-0.05, 0) is 46.8 Å². The molecule has 156 valence electrons. The lowest BCUT2D eigenvalue weighted by Crippen LogP contribution is -2.47. The van der Waals surface area contributed by atoms with Crippen LogP contribution in [0.2, 0.25) is 0 Å². The summed E-state index contributed by atoms with van der Waals surface area (Å²) in [5.74, 6) is 2.04. The fourth-order valence-corrected chi connectivity index (χ4v) is 5.36. The first kappa shape index (κ1) is 20.5. The van der Waals surface area contributed by atoms with E-state index in [0.717, 1.165) is 44.3 Å². The largest absolute Gasteiger partial charge is 0.468 e. The highest BCUT2D eigenvalue weighted by atomic mass is 35.5. The Balaban J connectivity index is 0.00000205. The van der Waals surface area contributed by atoms with Gasteiger partial charge in [-0.3, -0.25) is 9.80 Å². The van der Waals surface area contributed by atoms with Crippen molar-refractivity contribution in [2.45, 2.75) is 44.3 Å². The summed E-state index contributed by atoms with van der Waals surface area (Å²) in [7, 11) is 0. The van der Waals surface area contributed by atoms with Crippen molar-refractivity contribution in [3.05, 3.63) is 52.4 Å². The summed E-state index contributed by atoms with van der Waals surface area (Å²) in [5.41, 5.74) is 0. The van der Waals surface area contributed by atoms with Crippen LogP contribution in [0.1, 0.15) is 54.2 Å². The van der Waals surface area contributed by atoms with E-state index in [1.807, 2.05) is 6.07 Å². The average Bonchev–Trinajstić information content (AvgIpc) is 3.51. The van der Waals surface area contributed by atoms with Gasteiger partial charge in [0.2, 0.25) is 0 Å². The minimum atomic E-state index is 0. The van der Waals surface area contributed by atoms with Gasteiger partial charge in [-0.25, -0.2) is 4.68 Å². The molecule has 1 atom stereocenters. The minimum absolute atomic E-state index is 0. The van der Waals surface area contributed by atoms with E-state index in [1.165, 1.54) is 30.6 Å². The lowest BCUT2D eigenvalue weighted by molar-refractivity contribution is 0.0958. The number of halogens is 1. The molecule has 0 amide bonds. The predicted octanol–water partition coefficient (Wildman–Crippen LogP) is 3.77. The van der Waals surface area contributed by atoms with Crippen LogP contribution < -0.4 is 0 Å². The number of piperazine rings is 1. The molecule has 3 aromatic rings. The fourth-order valence-electron chi connectivity index (χ4n) is 4.51. The smallest absolute Gasteiger partial charge is 0.174 e. The number of thiophene rings is 1. The van der Waals surface area contributed by atoms with Crippen molar-refractivity contribution in [3.8, 4) is 0 Å². The molecular weight excluding hydrogens is 408 g/mol. The summed E-state index contributed by atoms with van der Waals surface area (Å²) in [5, 5.41) is 15.1. The maximum Gasteiger partial charge on any atom is 0.174 e. The SMILES string of the molecule is Cl.c1coc(CN2CCN(C(c3cccs3)c3nnnn3C3CCCC3)CC2)c1. The molecule has 3 aromatic heterocycles. The molecule has 1 aliphatic heterocycles. The first-order chi connectivity index (χ1) is 13.9. The molecule has 5 rings (SSSR count). The van der Waals surface area contributed by atoms with Gasteiger partial charge < -0.3 is 4.42 Å². The Morgan fingerprint density at radius 1 is 1.10 bits per heavy atom. The monoisotopic (exact) mass is 434 g/mol. The highest BCUT2D eigenvalue weighted by Crippen LogP contribution is 2.35. The van der Waals surface area contributed by atoms with Crippen LogP contribution in [0.25, 0.3) is 0 Å². The lowest BCUT2D eigenvalue weighted by Gasteiger charge is -2.38. The number of aromatic nitrogens is 4. The first-order valence-electron chi connectivity index (χ1n) is 10.2. The maximum absolute atomic E-state index is 5.52. The molecule has 0 N–H and O–H groups in total. The molecule has 4 heterocycles. The molecule has 9 heteroatoms. The molecule has 1 unspecified atom stereocenters. The van der Waals surface area contributed by atoms with Crippen LogP contribution in [0.15, 0.2) is 40.3 Å². The molecule has 0 bridgehead atoms. The lowest BCUT2D eigenvalue weighted by atomic mass is 10.1. The van der Waals surface area contributed by atoms with Gasteiger partial charge in [0, 0.05) is 31.1 Å². The molecule has 0 spiro atoms. The normalized spacial score (nSPS) is 20.0. The summed E-state index contributed by atoms with van der Waals surface area (Å²) >= 11 is 1.80. The van der Waals surface area contributed by atoms with Gasteiger partial charge in [-0.1, -0.05) is 18.9 Å². The molecule has 1 aliphatic carbocycles. The van der Waals surface area contributed by atoms with Gasteiger partial charge in [-0.15, -0.1) is 28.8 Å². The van der Waals surface area contributed by atoms with E-state index in [9.17, 15) is 0 Å². The highest BCUT2D eigenvalue weighted by molar-refractivity contribution is 7.10. The zero-order chi connectivity index (χ0) is 18.8. The van der Waals surface area contributed by atoms with Crippen molar-refractivity contribution in [3.63, 3.8) is 0 Å². The van der Waals surface area contributed by atoms with Crippen molar-refractivity contribution in [2.24, 2.45) is 0 Å². The zero-order valence-corrected chi connectivity index (χ0v) is 18.0. The average molecular weight is 435 g/mol. The van der Waals surface area contributed by atoms with Gasteiger partial charge in [0.1, 0.15) is 11.8 Å². The van der Waals surface area contributed by atoms with E-state index in [2.05, 4.69) is 53.6 Å². The summed E-state index contributed by atoms with van der Waals surface area (Å²) in [6.45, 7) is 4.92. The fraction of sp³-hybridized carbons (Fsp3) is 0.550. The van der Waals surface area contributed by atoms with Crippen LogP contribution in [-0.2, 0) is 6.54 Å². The van der Waals surface area contributed by atoms with Gasteiger partial charge in [0.15, 0.2) is 5.82 Å². The van der Waals surface area contributed by atoms with Crippen LogP contribution in [0.4, 0.5) is 0 Å². The zero-order valence-electron chi connectivity index (χ0n) is 16.4. The van der Waals surface area contributed by atoms with Crippen LogP contribution in [0.3, 0.4) is 0 Å². The van der Waals surface area contributed by atoms with Crippen LogP contribution in [-0.4, -0.2) is 56.2 Å². The molecule has 1 saturated carbocycles. The topological polar surface area (TPSA) is 63.2 Å². The summed E-state index contributed by atoms with van der Waals surface area (Å²) in [4.78, 5) is 6.33. The van der Waals surface area contributed by atoms with Crippen LogP contribution >= 0.6 is 23.7 Å². The predicted molar refractivity (Wildman–Crippen MR) is 114 cm³/mol. The van der Waals surface area contributed by atoms with E-state index in [1.54, 1.807) is 17.6 Å². The maximum atomic E-state index is 5.52. The van der Waals surface area contributed by atoms with Crippen molar-refractivity contribution < 1.29 is 4.42 Å². The van der Waals surface area contributed by atoms with E-state index >= 15 is 0 Å². The number of hydrogen-bond acceptors (Lipinski definition) is 7. The molecule has 2 aliphatic rings. The number of hydrogen-bond donors (Lipinski definition) is 0. The van der Waals surface area contributed by atoms with Crippen molar-refractivity contribution in [2.75, 3.05) is 26.2 Å². The molecule has 7 nitrogen and oxygen atoms in total.